The summed E-state index contributed by atoms with van der Waals surface area (Å²) in [5.41, 5.74) is -3.52. The van der Waals surface area contributed by atoms with Crippen LogP contribution in [0.4, 0.5) is 37.7 Å². The molecule has 0 N–H and O–H groups in total. The summed E-state index contributed by atoms with van der Waals surface area (Å²) in [5.74, 6) is -17.7. The number of hydrogen-bond donors (Lipinski definition) is 0. The summed E-state index contributed by atoms with van der Waals surface area (Å²) in [6.45, 7) is 0. The Kier molecular flexibility index (Phi) is 7.59. The molecule has 8 nitrogen and oxygen atoms in total. The highest BCUT2D eigenvalue weighted by Gasteiger charge is 2.72. The molecule has 212 valence electrons. The average molecular weight is 578 g/mol. The van der Waals surface area contributed by atoms with Gasteiger partial charge in [0.15, 0.2) is 0 Å². The first kappa shape index (κ1) is 28.9. The van der Waals surface area contributed by atoms with Crippen molar-refractivity contribution >= 4 is 11.4 Å². The van der Waals surface area contributed by atoms with E-state index in [1.807, 2.05) is 0 Å². The minimum atomic E-state index is -5.95. The van der Waals surface area contributed by atoms with E-state index in [0.29, 0.717) is 24.3 Å². The van der Waals surface area contributed by atoms with E-state index >= 15 is 17.6 Å². The number of benzene rings is 4. The molecule has 0 aliphatic rings. The zero-order valence-electron chi connectivity index (χ0n) is 20.3. The highest BCUT2D eigenvalue weighted by atomic mass is 19.3. The predicted molar refractivity (Wildman–Crippen MR) is 132 cm³/mol. The Morgan fingerprint density at radius 3 is 1.17 bits per heavy atom. The quantitative estimate of drug-likeness (QED) is 0.106. The van der Waals surface area contributed by atoms with Crippen LogP contribution in [-0.4, -0.2) is 15.8 Å². The van der Waals surface area contributed by atoms with Crippen LogP contribution >= 0.6 is 0 Å². The Hall–Kier alpha value is -5.14. The Morgan fingerprint density at radius 1 is 0.512 bits per heavy atom. The molecule has 0 aromatic heterocycles. The molecule has 0 radical (unpaired) electrons. The standard InChI is InChI=1S/C27H16F6N2O6/c28-25(29,17-3-1-5-23(15-17)40-21-11-7-19(8-12-21)34(36)37)27(32,33)26(30,31)18-4-2-6-24(16-18)41-22-13-9-20(10-14-22)35(38)39/h1-16H. The molecule has 4 aromatic carbocycles. The van der Waals surface area contributed by atoms with E-state index in [2.05, 4.69) is 0 Å². The minimum Gasteiger partial charge on any atom is -0.457 e. The predicted octanol–water partition coefficient (Wildman–Crippen LogP) is 8.61. The Morgan fingerprint density at radius 2 is 0.854 bits per heavy atom. The summed E-state index contributed by atoms with van der Waals surface area (Å²) in [4.78, 5) is 20.1. The van der Waals surface area contributed by atoms with E-state index < -0.39 is 50.2 Å². The third kappa shape index (κ3) is 5.76. The largest absolute Gasteiger partial charge is 0.457 e. The van der Waals surface area contributed by atoms with Gasteiger partial charge in [0.2, 0.25) is 0 Å². The first-order valence-corrected chi connectivity index (χ1v) is 11.4. The molecule has 0 spiro atoms. The smallest absolute Gasteiger partial charge is 0.380 e. The van der Waals surface area contributed by atoms with Crippen molar-refractivity contribution in [2.24, 2.45) is 0 Å². The van der Waals surface area contributed by atoms with Gasteiger partial charge in [-0.3, -0.25) is 20.2 Å². The zero-order chi connectivity index (χ0) is 30.0. The van der Waals surface area contributed by atoms with Crippen LogP contribution in [0.2, 0.25) is 0 Å². The van der Waals surface area contributed by atoms with Crippen LogP contribution in [0.25, 0.3) is 0 Å². The molecule has 0 bridgehead atoms. The summed E-state index contributed by atoms with van der Waals surface area (Å²) in [6, 6.07) is 14.8. The number of ether oxygens (including phenoxy) is 2. The molecule has 4 aromatic rings. The first-order valence-electron chi connectivity index (χ1n) is 11.4. The van der Waals surface area contributed by atoms with Gasteiger partial charge in [-0.05, 0) is 48.5 Å². The van der Waals surface area contributed by atoms with Crippen LogP contribution in [0, 0.1) is 20.2 Å². The lowest BCUT2D eigenvalue weighted by Gasteiger charge is -2.33. The van der Waals surface area contributed by atoms with Crippen molar-refractivity contribution in [1.82, 2.24) is 0 Å². The van der Waals surface area contributed by atoms with Gasteiger partial charge in [0, 0.05) is 35.4 Å². The topological polar surface area (TPSA) is 105 Å². The molecule has 0 amide bonds. The average Bonchev–Trinajstić information content (AvgIpc) is 2.93. The second kappa shape index (κ2) is 10.8. The van der Waals surface area contributed by atoms with E-state index in [-0.39, 0.29) is 22.9 Å². The van der Waals surface area contributed by atoms with Crippen LogP contribution in [0.5, 0.6) is 23.0 Å². The summed E-state index contributed by atoms with van der Waals surface area (Å²) < 4.78 is 101. The molecule has 14 heteroatoms. The van der Waals surface area contributed by atoms with Crippen LogP contribution in [0.1, 0.15) is 11.1 Å². The van der Waals surface area contributed by atoms with E-state index in [1.54, 1.807) is 0 Å². The van der Waals surface area contributed by atoms with Gasteiger partial charge in [0.1, 0.15) is 23.0 Å². The number of nitro benzene ring substituents is 2. The molecule has 0 heterocycles. The fourth-order valence-corrected chi connectivity index (χ4v) is 3.61. The summed E-state index contributed by atoms with van der Waals surface area (Å²) >= 11 is 0. The maximum atomic E-state index is 15.1. The van der Waals surface area contributed by atoms with Crippen LogP contribution in [0.3, 0.4) is 0 Å². The molecule has 0 aliphatic carbocycles. The maximum absolute atomic E-state index is 15.1. The van der Waals surface area contributed by atoms with Gasteiger partial charge >= 0.3 is 17.8 Å². The number of halogens is 6. The molecule has 41 heavy (non-hydrogen) atoms. The van der Waals surface area contributed by atoms with Gasteiger partial charge in [-0.1, -0.05) is 24.3 Å². The summed E-state index contributed by atoms with van der Waals surface area (Å²) in [7, 11) is 0. The van der Waals surface area contributed by atoms with Gasteiger partial charge in [0.25, 0.3) is 11.4 Å². The number of non-ortho nitro benzene ring substituents is 2. The number of rotatable bonds is 10. The lowest BCUT2D eigenvalue weighted by atomic mass is 9.92. The van der Waals surface area contributed by atoms with Gasteiger partial charge in [0.05, 0.1) is 9.85 Å². The summed E-state index contributed by atoms with van der Waals surface area (Å²) in [5, 5.41) is 21.5. The number of hydrogen-bond acceptors (Lipinski definition) is 6. The van der Waals surface area contributed by atoms with Gasteiger partial charge in [-0.2, -0.15) is 26.3 Å². The Labute approximate surface area is 226 Å². The van der Waals surface area contributed by atoms with Gasteiger partial charge < -0.3 is 9.47 Å². The Balaban J connectivity index is 1.58. The third-order valence-electron chi connectivity index (χ3n) is 5.75. The molecule has 0 unspecified atom stereocenters. The zero-order valence-corrected chi connectivity index (χ0v) is 20.3. The fraction of sp³-hybridized carbons (Fsp3) is 0.111. The Bertz CT molecular complexity index is 1460. The second-order valence-electron chi connectivity index (χ2n) is 8.48. The van der Waals surface area contributed by atoms with E-state index in [4.69, 9.17) is 9.47 Å². The first-order chi connectivity index (χ1) is 19.2. The highest BCUT2D eigenvalue weighted by Crippen LogP contribution is 2.56. The molecule has 0 fully saturated rings. The van der Waals surface area contributed by atoms with Crippen molar-refractivity contribution in [2.45, 2.75) is 17.8 Å². The lowest BCUT2D eigenvalue weighted by molar-refractivity contribution is -0.385. The van der Waals surface area contributed by atoms with Crippen molar-refractivity contribution in [2.75, 3.05) is 0 Å². The fourth-order valence-electron chi connectivity index (χ4n) is 3.61. The normalized spacial score (nSPS) is 12.0. The van der Waals surface area contributed by atoms with Gasteiger partial charge in [-0.15, -0.1) is 0 Å². The number of nitrogens with zero attached hydrogens (tertiary/aromatic N) is 2. The molecular weight excluding hydrogens is 562 g/mol. The van der Waals surface area contributed by atoms with Crippen LogP contribution in [0.15, 0.2) is 97.1 Å². The van der Waals surface area contributed by atoms with E-state index in [1.165, 1.54) is 0 Å². The van der Waals surface area contributed by atoms with Gasteiger partial charge in [-0.25, -0.2) is 0 Å². The maximum Gasteiger partial charge on any atom is 0.380 e. The molecule has 0 saturated heterocycles. The number of nitro groups is 2. The van der Waals surface area contributed by atoms with Crippen molar-refractivity contribution < 1.29 is 45.7 Å². The van der Waals surface area contributed by atoms with Crippen molar-refractivity contribution in [3.63, 3.8) is 0 Å². The van der Waals surface area contributed by atoms with Crippen molar-refractivity contribution in [3.05, 3.63) is 128 Å². The third-order valence-corrected chi connectivity index (χ3v) is 5.75. The second-order valence-corrected chi connectivity index (χ2v) is 8.48. The molecule has 4 rings (SSSR count). The molecular formula is C27H16F6N2O6. The van der Waals surface area contributed by atoms with E-state index in [9.17, 15) is 29.0 Å². The van der Waals surface area contributed by atoms with Crippen molar-refractivity contribution in [3.8, 4) is 23.0 Å². The molecule has 0 saturated carbocycles. The lowest BCUT2D eigenvalue weighted by Crippen LogP contribution is -2.50. The monoisotopic (exact) mass is 578 g/mol. The summed E-state index contributed by atoms with van der Waals surface area (Å²) in [6.07, 6.45) is 0. The van der Waals surface area contributed by atoms with Crippen LogP contribution < -0.4 is 9.47 Å². The molecule has 0 atom stereocenters. The number of alkyl halides is 6. The minimum absolute atomic E-state index is 0.0574. The van der Waals surface area contributed by atoms with Crippen LogP contribution in [-0.2, 0) is 11.8 Å². The highest BCUT2D eigenvalue weighted by molar-refractivity contribution is 5.42. The van der Waals surface area contributed by atoms with Crippen molar-refractivity contribution in [1.29, 1.82) is 0 Å². The SMILES string of the molecule is O=[N+]([O-])c1ccc(Oc2cccc(C(F)(F)C(F)(F)C(F)(F)c3cccc(Oc4ccc([N+](=O)[O-])cc4)c3)c2)cc1. The van der Waals surface area contributed by atoms with E-state index in [0.717, 1.165) is 72.8 Å². The molecule has 0 aliphatic heterocycles.